The second-order valence-corrected chi connectivity index (χ2v) is 4.41. The van der Waals surface area contributed by atoms with Gasteiger partial charge in [0.2, 0.25) is 0 Å². The molecule has 0 aliphatic carbocycles. The molecule has 5 nitrogen and oxygen atoms in total. The minimum atomic E-state index is -0.0721. The summed E-state index contributed by atoms with van der Waals surface area (Å²) in [6, 6.07) is 5.91. The minimum absolute atomic E-state index is 0.0721. The highest BCUT2D eigenvalue weighted by molar-refractivity contribution is 5.39. The van der Waals surface area contributed by atoms with Crippen molar-refractivity contribution >= 4 is 0 Å². The average Bonchev–Trinajstić information content (AvgIpc) is 2.72. The molecule has 0 bridgehead atoms. The molecule has 0 saturated heterocycles. The first-order chi connectivity index (χ1) is 8.58. The lowest BCUT2D eigenvalue weighted by Crippen LogP contribution is -2.08. The van der Waals surface area contributed by atoms with Gasteiger partial charge in [0, 0.05) is 11.6 Å². The molecule has 1 aromatic heterocycles. The number of ether oxygens (including phenoxy) is 1. The van der Waals surface area contributed by atoms with Crippen molar-refractivity contribution in [1.82, 2.24) is 10.3 Å². The van der Waals surface area contributed by atoms with Crippen molar-refractivity contribution in [3.63, 3.8) is 0 Å². The maximum atomic E-state index is 5.92. The molecule has 1 heterocycles. The van der Waals surface area contributed by atoms with Gasteiger partial charge < -0.3 is 10.5 Å². The molecular weight excluding hydrogens is 230 g/mol. The summed E-state index contributed by atoms with van der Waals surface area (Å²) in [7, 11) is 0. The quantitative estimate of drug-likeness (QED) is 0.897. The van der Waals surface area contributed by atoms with Gasteiger partial charge in [-0.15, -0.1) is 0 Å². The molecular formula is C13H17N3O2. The standard InChI is InChI=1S/C13H17N3O2/c1-8-4-5-11(9(2)14)13(6-8)17-7-12-10(3)15-18-16-12/h4-6,9H,7,14H2,1-3H3/t9-/m1/s1. The summed E-state index contributed by atoms with van der Waals surface area (Å²) in [5, 5.41) is 7.50. The molecule has 96 valence electrons. The highest BCUT2D eigenvalue weighted by Gasteiger charge is 2.11. The first kappa shape index (κ1) is 12.6. The van der Waals surface area contributed by atoms with Crippen molar-refractivity contribution in [3.05, 3.63) is 40.7 Å². The van der Waals surface area contributed by atoms with Crippen LogP contribution >= 0.6 is 0 Å². The number of benzene rings is 1. The molecule has 0 fully saturated rings. The molecule has 2 aromatic rings. The van der Waals surface area contributed by atoms with Crippen molar-refractivity contribution in [1.29, 1.82) is 0 Å². The molecule has 0 saturated carbocycles. The predicted molar refractivity (Wildman–Crippen MR) is 67.1 cm³/mol. The van der Waals surface area contributed by atoms with Crippen LogP contribution in [0.1, 0.15) is 35.5 Å². The SMILES string of the molecule is Cc1ccc([C@@H](C)N)c(OCc2nonc2C)c1. The van der Waals surface area contributed by atoms with Crippen LogP contribution in [0.25, 0.3) is 0 Å². The van der Waals surface area contributed by atoms with Gasteiger partial charge in [0.1, 0.15) is 23.7 Å². The lowest BCUT2D eigenvalue weighted by atomic mass is 10.1. The Kier molecular flexibility index (Phi) is 3.62. The lowest BCUT2D eigenvalue weighted by Gasteiger charge is -2.14. The first-order valence-corrected chi connectivity index (χ1v) is 5.85. The Labute approximate surface area is 106 Å². The van der Waals surface area contributed by atoms with Crippen LogP contribution < -0.4 is 10.5 Å². The molecule has 2 N–H and O–H groups in total. The van der Waals surface area contributed by atoms with E-state index in [1.165, 1.54) is 0 Å². The third kappa shape index (κ3) is 2.68. The van der Waals surface area contributed by atoms with Gasteiger partial charge in [0.25, 0.3) is 0 Å². The molecule has 0 radical (unpaired) electrons. The van der Waals surface area contributed by atoms with Crippen LogP contribution in [0.15, 0.2) is 22.8 Å². The number of aryl methyl sites for hydroxylation is 2. The van der Waals surface area contributed by atoms with Gasteiger partial charge >= 0.3 is 0 Å². The summed E-state index contributed by atoms with van der Waals surface area (Å²) in [6.07, 6.45) is 0. The van der Waals surface area contributed by atoms with E-state index in [1.807, 2.05) is 39.0 Å². The van der Waals surface area contributed by atoms with Gasteiger partial charge in [-0.3, -0.25) is 0 Å². The van der Waals surface area contributed by atoms with E-state index in [1.54, 1.807) is 0 Å². The second kappa shape index (κ2) is 5.18. The number of nitrogens with zero attached hydrogens (tertiary/aromatic N) is 2. The highest BCUT2D eigenvalue weighted by atomic mass is 16.6. The summed E-state index contributed by atoms with van der Waals surface area (Å²) in [5.74, 6) is 0.785. The molecule has 1 aromatic carbocycles. The maximum absolute atomic E-state index is 5.92. The Morgan fingerprint density at radius 2 is 2.11 bits per heavy atom. The smallest absolute Gasteiger partial charge is 0.145 e. The van der Waals surface area contributed by atoms with Gasteiger partial charge in [0.05, 0.1) is 0 Å². The van der Waals surface area contributed by atoms with Gasteiger partial charge in [-0.05, 0) is 32.4 Å². The first-order valence-electron chi connectivity index (χ1n) is 5.85. The van der Waals surface area contributed by atoms with Crippen molar-refractivity contribution in [3.8, 4) is 5.75 Å². The zero-order valence-electron chi connectivity index (χ0n) is 10.8. The molecule has 18 heavy (non-hydrogen) atoms. The molecule has 0 unspecified atom stereocenters. The molecule has 0 spiro atoms. The molecule has 0 aliphatic rings. The zero-order valence-corrected chi connectivity index (χ0v) is 10.8. The summed E-state index contributed by atoms with van der Waals surface area (Å²) in [6.45, 7) is 6.11. The third-order valence-corrected chi connectivity index (χ3v) is 2.77. The number of nitrogens with two attached hydrogens (primary N) is 1. The van der Waals surface area contributed by atoms with Crippen LogP contribution in [-0.4, -0.2) is 10.3 Å². The van der Waals surface area contributed by atoms with Crippen LogP contribution in [0.3, 0.4) is 0 Å². The molecule has 5 heteroatoms. The number of aromatic nitrogens is 2. The van der Waals surface area contributed by atoms with Crippen molar-refractivity contribution in [2.75, 3.05) is 0 Å². The van der Waals surface area contributed by atoms with E-state index in [2.05, 4.69) is 14.9 Å². The summed E-state index contributed by atoms with van der Waals surface area (Å²) in [5.41, 5.74) is 9.47. The van der Waals surface area contributed by atoms with Crippen LogP contribution in [0.5, 0.6) is 5.75 Å². The van der Waals surface area contributed by atoms with Crippen molar-refractivity contribution in [2.45, 2.75) is 33.4 Å². The van der Waals surface area contributed by atoms with Gasteiger partial charge in [-0.2, -0.15) is 0 Å². The van der Waals surface area contributed by atoms with Crippen LogP contribution in [-0.2, 0) is 6.61 Å². The number of hydrogen-bond donors (Lipinski definition) is 1. The summed E-state index contributed by atoms with van der Waals surface area (Å²) >= 11 is 0. The Morgan fingerprint density at radius 3 is 2.72 bits per heavy atom. The number of rotatable bonds is 4. The van der Waals surface area contributed by atoms with E-state index in [4.69, 9.17) is 10.5 Å². The van der Waals surface area contributed by atoms with Gasteiger partial charge in [-0.1, -0.05) is 22.4 Å². The molecule has 0 amide bonds. The van der Waals surface area contributed by atoms with Gasteiger partial charge in [-0.25, -0.2) is 4.63 Å². The molecule has 0 aliphatic heterocycles. The van der Waals surface area contributed by atoms with Crippen LogP contribution in [0.2, 0.25) is 0 Å². The highest BCUT2D eigenvalue weighted by Crippen LogP contribution is 2.25. The number of hydrogen-bond acceptors (Lipinski definition) is 5. The fourth-order valence-electron chi connectivity index (χ4n) is 1.67. The van der Waals surface area contributed by atoms with Crippen molar-refractivity contribution in [2.24, 2.45) is 5.73 Å². The summed E-state index contributed by atoms with van der Waals surface area (Å²) < 4.78 is 10.4. The van der Waals surface area contributed by atoms with Crippen LogP contribution in [0, 0.1) is 13.8 Å². The van der Waals surface area contributed by atoms with E-state index in [-0.39, 0.29) is 6.04 Å². The van der Waals surface area contributed by atoms with Gasteiger partial charge in [0.15, 0.2) is 0 Å². The largest absolute Gasteiger partial charge is 0.487 e. The van der Waals surface area contributed by atoms with E-state index in [0.717, 1.165) is 22.6 Å². The fraction of sp³-hybridized carbons (Fsp3) is 0.385. The van der Waals surface area contributed by atoms with E-state index in [9.17, 15) is 0 Å². The monoisotopic (exact) mass is 247 g/mol. The lowest BCUT2D eigenvalue weighted by molar-refractivity contribution is 0.268. The maximum Gasteiger partial charge on any atom is 0.145 e. The molecule has 1 atom stereocenters. The van der Waals surface area contributed by atoms with Crippen LogP contribution in [0.4, 0.5) is 0 Å². The Morgan fingerprint density at radius 1 is 1.33 bits per heavy atom. The average molecular weight is 247 g/mol. The van der Waals surface area contributed by atoms with Crippen molar-refractivity contribution < 1.29 is 9.37 Å². The normalized spacial score (nSPS) is 12.4. The third-order valence-electron chi connectivity index (χ3n) is 2.77. The van der Waals surface area contributed by atoms with E-state index >= 15 is 0 Å². The minimum Gasteiger partial charge on any atom is -0.487 e. The van der Waals surface area contributed by atoms with E-state index < -0.39 is 0 Å². The summed E-state index contributed by atoms with van der Waals surface area (Å²) in [4.78, 5) is 0. The zero-order chi connectivity index (χ0) is 13.1. The topological polar surface area (TPSA) is 74.2 Å². The Balaban J connectivity index is 2.18. The second-order valence-electron chi connectivity index (χ2n) is 4.41. The Bertz CT molecular complexity index is 535. The fourth-order valence-corrected chi connectivity index (χ4v) is 1.67. The Hall–Kier alpha value is -1.88. The molecule has 2 rings (SSSR count). The van der Waals surface area contributed by atoms with E-state index in [0.29, 0.717) is 12.3 Å². The predicted octanol–water partition coefficient (Wildman–Crippen LogP) is 2.29.